The van der Waals surface area contributed by atoms with Crippen LogP contribution in [0.15, 0.2) is 279 Å². The van der Waals surface area contributed by atoms with Gasteiger partial charge in [0, 0.05) is 74.4 Å². The smallest absolute Gasteiger partial charge is 0.399 e. The van der Waals surface area contributed by atoms with Crippen molar-refractivity contribution >= 4 is 62.6 Å². The molecule has 0 radical (unpaired) electrons. The van der Waals surface area contributed by atoms with E-state index < -0.39 is 11.6 Å². The molecule has 2 unspecified atom stereocenters. The van der Waals surface area contributed by atoms with Crippen LogP contribution in [0.4, 0.5) is 75.7 Å². The Morgan fingerprint density at radius 2 is 0.586 bits per heavy atom. The number of benzene rings is 13. The summed E-state index contributed by atoms with van der Waals surface area (Å²) in [5.41, 5.74) is 77.4. The number of rotatable bonds is 6. The zero-order valence-corrected chi connectivity index (χ0v) is 55.4. The third-order valence-electron chi connectivity index (χ3n) is 19.9. The van der Waals surface area contributed by atoms with Gasteiger partial charge in [-0.25, -0.2) is 0 Å². The molecule has 0 amide bonds. The minimum absolute atomic E-state index is 0.104. The van der Waals surface area contributed by atoms with Crippen molar-refractivity contribution in [3.8, 4) is 22.3 Å². The van der Waals surface area contributed by atoms with Gasteiger partial charge in [0.25, 0.3) is 0 Å². The fourth-order valence-corrected chi connectivity index (χ4v) is 15.4. The fourth-order valence-electron chi connectivity index (χ4n) is 15.4. The molecule has 2 bridgehead atoms. The summed E-state index contributed by atoms with van der Waals surface area (Å²) < 4.78 is 44.0. The van der Waals surface area contributed by atoms with Gasteiger partial charge >= 0.3 is 6.18 Å². The van der Waals surface area contributed by atoms with Gasteiger partial charge in [0.05, 0.1) is 5.41 Å². The van der Waals surface area contributed by atoms with E-state index in [-0.39, 0.29) is 33.9 Å². The average Bonchev–Trinajstić information content (AvgIpc) is 1.61. The summed E-state index contributed by atoms with van der Waals surface area (Å²) in [5.74, 6) is 0.536. The first-order chi connectivity index (χ1) is 47.6. The Labute approximate surface area is 575 Å². The van der Waals surface area contributed by atoms with Crippen molar-refractivity contribution in [3.63, 3.8) is 0 Å². The average molecular weight is 1300 g/mol. The van der Waals surface area contributed by atoms with Crippen LogP contribution in [0, 0.1) is 27.7 Å². The highest BCUT2D eigenvalue weighted by Crippen LogP contribution is 2.64. The van der Waals surface area contributed by atoms with Crippen LogP contribution in [0.2, 0.25) is 0 Å². The van der Waals surface area contributed by atoms with Crippen molar-refractivity contribution in [1.29, 1.82) is 0 Å². The summed E-state index contributed by atoms with van der Waals surface area (Å²) >= 11 is 0. The van der Waals surface area contributed by atoms with Crippen LogP contribution < -0.4 is 50.8 Å². The van der Waals surface area contributed by atoms with Crippen molar-refractivity contribution in [2.45, 2.75) is 56.5 Å². The van der Waals surface area contributed by atoms with Gasteiger partial charge in [-0.1, -0.05) is 168 Å². The van der Waals surface area contributed by atoms with E-state index in [0.29, 0.717) is 11.4 Å². The van der Waals surface area contributed by atoms with E-state index in [9.17, 15) is 13.2 Å². The highest BCUT2D eigenvalue weighted by Gasteiger charge is 2.58. The molecule has 0 heterocycles. The van der Waals surface area contributed by atoms with Gasteiger partial charge < -0.3 is 50.8 Å². The molecular formula is C87H76F3N9. The molecule has 12 heteroatoms. The number of nitrogen functional groups attached to an aromatic ring is 8. The SMILES string of the molecule is Cc1ccc(C(c2ccc(N)cc2)(c2ccc(N)cc2)C(F)(F)F)cc1.Cc1ccc(N(c2ccc(N)cc2)c2ccc(N)cc2)cc1.Cc1ccc2c(c1)-c1ccccc1C21c2cc(N)ccc2-c2ccc(N)cc21.Cc1ccc2c(c1)C1c3ccc(N)cc3C2c2ccc(N)cc21. The highest BCUT2D eigenvalue weighted by molar-refractivity contribution is 5.96. The van der Waals surface area contributed by atoms with Crippen LogP contribution in [-0.2, 0) is 10.8 Å². The number of aryl methyl sites for hydroxylation is 4. The second-order valence-corrected chi connectivity index (χ2v) is 26.4. The molecule has 1 spiro atoms. The molecule has 5 aliphatic carbocycles. The molecule has 99 heavy (non-hydrogen) atoms. The van der Waals surface area contributed by atoms with Gasteiger partial charge in [0.15, 0.2) is 0 Å². The Bertz CT molecular complexity index is 4880. The lowest BCUT2D eigenvalue weighted by Gasteiger charge is -2.42. The first kappa shape index (κ1) is 64.2. The highest BCUT2D eigenvalue weighted by atomic mass is 19.4. The zero-order chi connectivity index (χ0) is 69.2. The van der Waals surface area contributed by atoms with Crippen LogP contribution in [-0.4, -0.2) is 6.18 Å². The molecule has 5 aliphatic rings. The molecule has 0 saturated carbocycles. The van der Waals surface area contributed by atoms with Gasteiger partial charge in [0.1, 0.15) is 5.41 Å². The zero-order valence-electron chi connectivity index (χ0n) is 55.4. The lowest BCUT2D eigenvalue weighted by atomic mass is 9.61. The summed E-state index contributed by atoms with van der Waals surface area (Å²) in [6.07, 6.45) is -4.57. The standard InChI is InChI=1S/C26H20N2.C21H19F3N2.C21H18N2.C19H19N3/c1-15-6-11-23-21(12-15)18-4-2-3-5-22(18)26(23)24-13-16(27)7-9-19(24)20-10-8-17(28)14-25(20)26;1-14-2-4-15(5-3-14)20(21(22,23)24,16-6-10-18(25)11-7-16)17-8-12-19(26)13-9-17;1-11-2-5-14-17(8-11)21-16-7-4-12(22)9-18(16)20(14)15-6-3-13(23)10-19(15)21;1-14-2-8-17(9-3-14)22(18-10-4-15(20)5-11-18)19-12-6-16(21)7-13-19/h2-14H,27-28H2,1H3;2-13H,25-26H2,1H3;2-10,20-21H,22-23H2,1H3;2-13H,20-21H2,1H3. The van der Waals surface area contributed by atoms with Crippen molar-refractivity contribution in [2.75, 3.05) is 50.8 Å². The fraction of sp³-hybridized carbons (Fsp3) is 0.103. The van der Waals surface area contributed by atoms with Crippen molar-refractivity contribution < 1.29 is 13.2 Å². The third kappa shape index (κ3) is 11.2. The number of fused-ring (bicyclic) bond motifs is 10. The van der Waals surface area contributed by atoms with Gasteiger partial charge in [-0.3, -0.25) is 0 Å². The number of alkyl halides is 3. The lowest BCUT2D eigenvalue weighted by Crippen LogP contribution is -2.44. The molecule has 13 aromatic rings. The Hall–Kier alpha value is -12.2. The largest absolute Gasteiger partial charge is 0.406 e. The predicted octanol–water partition coefficient (Wildman–Crippen LogP) is 19.3. The van der Waals surface area contributed by atoms with Gasteiger partial charge in [-0.15, -0.1) is 0 Å². The molecule has 9 nitrogen and oxygen atoms in total. The normalized spacial score (nSPS) is 14.2. The van der Waals surface area contributed by atoms with Crippen LogP contribution in [0.3, 0.4) is 0 Å². The minimum Gasteiger partial charge on any atom is -0.399 e. The topological polar surface area (TPSA) is 211 Å². The van der Waals surface area contributed by atoms with E-state index in [4.69, 9.17) is 45.9 Å². The van der Waals surface area contributed by atoms with Crippen LogP contribution in [0.25, 0.3) is 22.3 Å². The van der Waals surface area contributed by atoms with Crippen LogP contribution in [0.1, 0.15) is 106 Å². The van der Waals surface area contributed by atoms with Crippen molar-refractivity contribution in [1.82, 2.24) is 0 Å². The Morgan fingerprint density at radius 1 is 0.273 bits per heavy atom. The lowest BCUT2D eigenvalue weighted by molar-refractivity contribution is -0.166. The van der Waals surface area contributed by atoms with E-state index in [0.717, 1.165) is 56.7 Å². The third-order valence-corrected chi connectivity index (χ3v) is 19.9. The minimum atomic E-state index is -4.57. The second kappa shape index (κ2) is 25.1. The first-order valence-corrected chi connectivity index (χ1v) is 33.0. The maximum absolute atomic E-state index is 14.7. The molecule has 0 aromatic heterocycles. The maximum atomic E-state index is 14.7. The summed E-state index contributed by atoms with van der Waals surface area (Å²) in [7, 11) is 0. The number of anilines is 11. The molecule has 18 rings (SSSR count). The molecule has 0 saturated heterocycles. The van der Waals surface area contributed by atoms with Crippen LogP contribution in [0.5, 0.6) is 0 Å². The summed E-state index contributed by atoms with van der Waals surface area (Å²) in [6.45, 7) is 8.24. The number of hydrogen-bond acceptors (Lipinski definition) is 9. The first-order valence-electron chi connectivity index (χ1n) is 33.0. The Kier molecular flexibility index (Phi) is 16.3. The van der Waals surface area contributed by atoms with Gasteiger partial charge in [-0.05, 0) is 256 Å². The van der Waals surface area contributed by atoms with Crippen molar-refractivity contribution in [2.24, 2.45) is 0 Å². The summed E-state index contributed by atoms with van der Waals surface area (Å²) in [4.78, 5) is 2.18. The molecule has 2 atom stereocenters. The number of halogens is 3. The molecular weight excluding hydrogens is 1230 g/mol. The summed E-state index contributed by atoms with van der Waals surface area (Å²) in [6, 6.07) is 89.9. The number of nitrogens with zero attached hydrogens (tertiary/aromatic N) is 1. The Morgan fingerprint density at radius 3 is 1.05 bits per heavy atom. The van der Waals surface area contributed by atoms with Gasteiger partial charge in [0.2, 0.25) is 0 Å². The summed E-state index contributed by atoms with van der Waals surface area (Å²) in [5, 5.41) is 0. The number of nitrogens with two attached hydrogens (primary N) is 8. The number of hydrogen-bond donors (Lipinski definition) is 8. The molecule has 16 N–H and O–H groups in total. The van der Waals surface area contributed by atoms with E-state index in [1.165, 1.54) is 155 Å². The molecule has 0 aliphatic heterocycles. The van der Waals surface area contributed by atoms with E-state index in [1.807, 2.05) is 79.7 Å². The predicted molar refractivity (Wildman–Crippen MR) is 405 cm³/mol. The second-order valence-electron chi connectivity index (χ2n) is 26.4. The maximum Gasteiger partial charge on any atom is 0.406 e. The Balaban J connectivity index is 0.000000113. The molecule has 13 aromatic carbocycles. The van der Waals surface area contributed by atoms with Gasteiger partial charge in [-0.2, -0.15) is 13.2 Å². The quantitative estimate of drug-likeness (QED) is 0.0587. The molecule has 490 valence electrons. The van der Waals surface area contributed by atoms with Crippen molar-refractivity contribution in [3.05, 3.63) is 374 Å². The molecule has 0 fully saturated rings. The monoisotopic (exact) mass is 1300 g/mol. The van der Waals surface area contributed by atoms with E-state index in [2.05, 4.69) is 159 Å². The van der Waals surface area contributed by atoms with Crippen LogP contribution >= 0.6 is 0 Å². The van der Waals surface area contributed by atoms with E-state index >= 15 is 0 Å². The van der Waals surface area contributed by atoms with E-state index in [1.54, 1.807) is 12.1 Å².